The molecule has 1 aliphatic heterocycles. The second kappa shape index (κ2) is 6.75. The molecule has 1 saturated heterocycles. The lowest BCUT2D eigenvalue weighted by atomic mass is 9.88. The lowest BCUT2D eigenvalue weighted by Crippen LogP contribution is -2.50. The van der Waals surface area contributed by atoms with Crippen LogP contribution in [0.4, 0.5) is 0 Å². The molecule has 0 radical (unpaired) electrons. The zero-order valence-corrected chi connectivity index (χ0v) is 15.7. The normalized spacial score (nSPS) is 20.7. The molecule has 3 heterocycles. The van der Waals surface area contributed by atoms with Crippen molar-refractivity contribution in [2.75, 3.05) is 6.54 Å². The van der Waals surface area contributed by atoms with E-state index in [-0.39, 0.29) is 12.3 Å². The van der Waals surface area contributed by atoms with E-state index in [0.29, 0.717) is 24.5 Å². The molecule has 2 atom stereocenters. The number of carbonyl (C=O) groups excluding carboxylic acids is 2. The number of aromatic nitrogens is 4. The summed E-state index contributed by atoms with van der Waals surface area (Å²) in [6.07, 6.45) is 3.85. The number of H-pyrrole nitrogens is 2. The summed E-state index contributed by atoms with van der Waals surface area (Å²) in [5.41, 5.74) is 4.30. The Morgan fingerprint density at radius 2 is 2.29 bits per heavy atom. The van der Waals surface area contributed by atoms with E-state index >= 15 is 0 Å². The Hall–Kier alpha value is -3.20. The first-order valence-electron chi connectivity index (χ1n) is 9.11. The maximum Gasteiger partial charge on any atom is 0.266 e. The molecule has 0 saturated carbocycles. The number of hydrogen-bond donors (Lipinski definition) is 4. The van der Waals surface area contributed by atoms with Crippen molar-refractivity contribution in [3.05, 3.63) is 47.8 Å². The molecule has 0 spiro atoms. The largest absolute Gasteiger partial charge is 0.348 e. The molecular weight excluding hydrogens is 360 g/mol. The van der Waals surface area contributed by atoms with Gasteiger partial charge in [-0.05, 0) is 38.0 Å². The van der Waals surface area contributed by atoms with Crippen molar-refractivity contribution >= 4 is 22.8 Å². The first-order chi connectivity index (χ1) is 13.4. The van der Waals surface area contributed by atoms with Crippen LogP contribution in [0, 0.1) is 6.92 Å². The number of aryl methyl sites for hydroxylation is 1. The van der Waals surface area contributed by atoms with Gasteiger partial charge in [-0.3, -0.25) is 14.8 Å². The second-order valence-corrected chi connectivity index (χ2v) is 7.46. The summed E-state index contributed by atoms with van der Waals surface area (Å²) in [7, 11) is 0. The predicted molar refractivity (Wildman–Crippen MR) is 101 cm³/mol. The highest BCUT2D eigenvalue weighted by molar-refractivity contribution is 5.94. The summed E-state index contributed by atoms with van der Waals surface area (Å²) in [6, 6.07) is 5.05. The van der Waals surface area contributed by atoms with E-state index in [1.165, 1.54) is 11.2 Å². The van der Waals surface area contributed by atoms with E-state index < -0.39 is 17.4 Å². The number of imidazole rings is 2. The fraction of sp³-hybridized carbons (Fsp3) is 0.368. The quantitative estimate of drug-likeness (QED) is 0.390. The molecule has 4 rings (SSSR count). The second-order valence-electron chi connectivity index (χ2n) is 7.46. The van der Waals surface area contributed by atoms with E-state index in [0.717, 1.165) is 16.6 Å². The number of aromatic amines is 2. The van der Waals surface area contributed by atoms with Crippen molar-refractivity contribution in [3.8, 4) is 0 Å². The summed E-state index contributed by atoms with van der Waals surface area (Å²) >= 11 is 0. The third kappa shape index (κ3) is 2.93. The standard InChI is InChI=1S/C19H22N6O3/c1-11-3-4-13-14(7-11)23-17(22-13)19(2)5-6-25(18(19)27)15(16(26)24-28)8-12-9-20-10-21-12/h3-4,7,9-10,15,28H,5-6,8H2,1-2H3,(H,20,21)(H,22,23)(H,24,26). The number of amides is 2. The van der Waals surface area contributed by atoms with Crippen molar-refractivity contribution < 1.29 is 14.8 Å². The van der Waals surface area contributed by atoms with Gasteiger partial charge in [0.1, 0.15) is 17.3 Å². The zero-order chi connectivity index (χ0) is 19.9. The molecule has 1 aromatic carbocycles. The van der Waals surface area contributed by atoms with Gasteiger partial charge in [-0.2, -0.15) is 0 Å². The van der Waals surface area contributed by atoms with Crippen molar-refractivity contribution in [2.45, 2.75) is 38.1 Å². The van der Waals surface area contributed by atoms with Crippen molar-refractivity contribution in [3.63, 3.8) is 0 Å². The van der Waals surface area contributed by atoms with Gasteiger partial charge in [0, 0.05) is 24.9 Å². The predicted octanol–water partition coefficient (Wildman–Crippen LogP) is 1.20. The summed E-state index contributed by atoms with van der Waals surface area (Å²) in [5, 5.41) is 9.17. The number of hydrogen-bond acceptors (Lipinski definition) is 5. The first kappa shape index (κ1) is 18.2. The number of rotatable bonds is 5. The molecule has 4 N–H and O–H groups in total. The third-order valence-corrected chi connectivity index (χ3v) is 5.50. The highest BCUT2D eigenvalue weighted by Gasteiger charge is 2.49. The molecule has 28 heavy (non-hydrogen) atoms. The van der Waals surface area contributed by atoms with Gasteiger partial charge in [-0.25, -0.2) is 15.4 Å². The molecule has 2 unspecified atom stereocenters. The van der Waals surface area contributed by atoms with Gasteiger partial charge in [0.25, 0.3) is 5.91 Å². The Labute approximate surface area is 161 Å². The molecule has 3 aromatic rings. The Kier molecular flexibility index (Phi) is 4.38. The minimum atomic E-state index is -0.866. The van der Waals surface area contributed by atoms with Crippen LogP contribution in [0.1, 0.15) is 30.4 Å². The first-order valence-corrected chi connectivity index (χ1v) is 9.11. The van der Waals surface area contributed by atoms with Crippen LogP contribution in [-0.2, 0) is 21.4 Å². The zero-order valence-electron chi connectivity index (χ0n) is 15.7. The molecule has 9 nitrogen and oxygen atoms in total. The van der Waals surface area contributed by atoms with Crippen LogP contribution in [-0.4, -0.2) is 54.4 Å². The van der Waals surface area contributed by atoms with Gasteiger partial charge in [-0.15, -0.1) is 0 Å². The smallest absolute Gasteiger partial charge is 0.266 e. The molecule has 146 valence electrons. The minimum Gasteiger partial charge on any atom is -0.348 e. The third-order valence-electron chi connectivity index (χ3n) is 5.50. The Morgan fingerprint density at radius 1 is 1.46 bits per heavy atom. The summed E-state index contributed by atoms with van der Waals surface area (Å²) < 4.78 is 0. The molecule has 1 aliphatic rings. The van der Waals surface area contributed by atoms with Gasteiger partial charge in [-0.1, -0.05) is 6.07 Å². The number of benzene rings is 1. The molecule has 0 aliphatic carbocycles. The molecule has 2 amide bonds. The number of nitrogens with one attached hydrogen (secondary N) is 3. The van der Waals surface area contributed by atoms with Gasteiger partial charge >= 0.3 is 0 Å². The van der Waals surface area contributed by atoms with E-state index in [4.69, 9.17) is 5.21 Å². The topological polar surface area (TPSA) is 127 Å². The number of hydroxylamine groups is 1. The Morgan fingerprint density at radius 3 is 3.00 bits per heavy atom. The van der Waals surface area contributed by atoms with E-state index in [1.807, 2.05) is 32.0 Å². The van der Waals surface area contributed by atoms with Gasteiger partial charge in [0.05, 0.1) is 17.4 Å². The summed E-state index contributed by atoms with van der Waals surface area (Å²) in [6.45, 7) is 4.22. The monoisotopic (exact) mass is 382 g/mol. The van der Waals surface area contributed by atoms with E-state index in [1.54, 1.807) is 11.7 Å². The number of fused-ring (bicyclic) bond motifs is 1. The van der Waals surface area contributed by atoms with Crippen LogP contribution in [0.3, 0.4) is 0 Å². The highest BCUT2D eigenvalue weighted by atomic mass is 16.5. The number of likely N-dealkylation sites (tertiary alicyclic amines) is 1. The maximum atomic E-state index is 13.3. The minimum absolute atomic E-state index is 0.198. The summed E-state index contributed by atoms with van der Waals surface area (Å²) in [5.74, 6) is -0.242. The fourth-order valence-electron chi connectivity index (χ4n) is 3.79. The van der Waals surface area contributed by atoms with Crippen LogP contribution in [0.15, 0.2) is 30.7 Å². The van der Waals surface area contributed by atoms with E-state index in [2.05, 4.69) is 19.9 Å². The Bertz CT molecular complexity index is 1030. The van der Waals surface area contributed by atoms with Crippen LogP contribution >= 0.6 is 0 Å². The van der Waals surface area contributed by atoms with Crippen molar-refractivity contribution in [2.24, 2.45) is 0 Å². The van der Waals surface area contributed by atoms with Crippen LogP contribution in [0.25, 0.3) is 11.0 Å². The average molecular weight is 382 g/mol. The van der Waals surface area contributed by atoms with Gasteiger partial charge in [0.2, 0.25) is 5.91 Å². The lowest BCUT2D eigenvalue weighted by molar-refractivity contribution is -0.144. The SMILES string of the molecule is Cc1ccc2nc(C3(C)CCN(C(Cc4cnc[nH]4)C(=O)NO)C3=O)[nH]c2c1. The van der Waals surface area contributed by atoms with Crippen LogP contribution < -0.4 is 5.48 Å². The lowest BCUT2D eigenvalue weighted by Gasteiger charge is -2.27. The summed E-state index contributed by atoms with van der Waals surface area (Å²) in [4.78, 5) is 41.9. The van der Waals surface area contributed by atoms with Crippen molar-refractivity contribution in [1.82, 2.24) is 30.3 Å². The number of nitrogens with zero attached hydrogens (tertiary/aromatic N) is 3. The average Bonchev–Trinajstić information content (AvgIpc) is 3.40. The molecule has 0 bridgehead atoms. The van der Waals surface area contributed by atoms with Gasteiger partial charge < -0.3 is 14.9 Å². The van der Waals surface area contributed by atoms with E-state index in [9.17, 15) is 9.59 Å². The van der Waals surface area contributed by atoms with Crippen LogP contribution in [0.2, 0.25) is 0 Å². The maximum absolute atomic E-state index is 13.3. The fourth-order valence-corrected chi connectivity index (χ4v) is 3.79. The molecular formula is C19H22N6O3. The van der Waals surface area contributed by atoms with Crippen LogP contribution in [0.5, 0.6) is 0 Å². The van der Waals surface area contributed by atoms with Crippen molar-refractivity contribution in [1.29, 1.82) is 0 Å². The Balaban J connectivity index is 1.65. The highest BCUT2D eigenvalue weighted by Crippen LogP contribution is 2.36. The molecule has 1 fully saturated rings. The van der Waals surface area contributed by atoms with Gasteiger partial charge in [0.15, 0.2) is 0 Å². The molecule has 2 aromatic heterocycles. The molecule has 9 heteroatoms. The number of carbonyl (C=O) groups is 2.